The van der Waals surface area contributed by atoms with Crippen LogP contribution in [0.2, 0.25) is 0 Å². The van der Waals surface area contributed by atoms with E-state index in [1.807, 2.05) is 0 Å². The zero-order valence-electron chi connectivity index (χ0n) is 12.0. The average Bonchev–Trinajstić information content (AvgIpc) is 2.60. The van der Waals surface area contributed by atoms with E-state index in [1.54, 1.807) is 24.3 Å². The van der Waals surface area contributed by atoms with Gasteiger partial charge in [0, 0.05) is 5.56 Å². The summed E-state index contributed by atoms with van der Waals surface area (Å²) in [6.45, 7) is -0.145. The Balaban J connectivity index is 1.76. The summed E-state index contributed by atoms with van der Waals surface area (Å²) in [6.07, 6.45) is 0.693. The van der Waals surface area contributed by atoms with Crippen LogP contribution in [0.4, 0.5) is 0 Å². The van der Waals surface area contributed by atoms with Gasteiger partial charge in [-0.2, -0.15) is 0 Å². The second kappa shape index (κ2) is 6.23. The molecule has 0 saturated carbocycles. The fourth-order valence-corrected chi connectivity index (χ4v) is 2.12. The Bertz CT molecular complexity index is 929. The Morgan fingerprint density at radius 1 is 1.13 bits per heavy atom. The van der Waals surface area contributed by atoms with Crippen LogP contribution in [0.5, 0.6) is 0 Å². The van der Waals surface area contributed by atoms with Crippen LogP contribution in [0.1, 0.15) is 26.5 Å². The third kappa shape index (κ3) is 3.16. The number of hydrogen-bond acceptors (Lipinski definition) is 5. The van der Waals surface area contributed by atoms with Gasteiger partial charge in [-0.3, -0.25) is 9.59 Å². The van der Waals surface area contributed by atoms with Crippen LogP contribution in [-0.2, 0) is 11.3 Å². The van der Waals surface area contributed by atoms with Gasteiger partial charge in [0.2, 0.25) is 0 Å². The largest absolute Gasteiger partial charge is 0.454 e. The van der Waals surface area contributed by atoms with E-state index < -0.39 is 5.97 Å². The smallest absolute Gasteiger partial charge is 0.338 e. The zero-order chi connectivity index (χ0) is 16.2. The van der Waals surface area contributed by atoms with Crippen LogP contribution in [0.25, 0.3) is 10.9 Å². The molecule has 23 heavy (non-hydrogen) atoms. The molecule has 1 N–H and O–H groups in total. The Labute approximate surface area is 130 Å². The first-order chi connectivity index (χ1) is 11.2. The van der Waals surface area contributed by atoms with Crippen molar-refractivity contribution >= 4 is 23.2 Å². The molecule has 0 saturated heterocycles. The first-order valence-corrected chi connectivity index (χ1v) is 6.87. The zero-order valence-corrected chi connectivity index (χ0v) is 12.0. The molecule has 0 atom stereocenters. The van der Waals surface area contributed by atoms with Gasteiger partial charge in [-0.05, 0) is 24.3 Å². The molecule has 2 aromatic carbocycles. The first-order valence-electron chi connectivity index (χ1n) is 6.87. The predicted molar refractivity (Wildman–Crippen MR) is 83.3 cm³/mol. The maximum Gasteiger partial charge on any atom is 0.338 e. The van der Waals surface area contributed by atoms with Crippen LogP contribution in [0.15, 0.2) is 53.3 Å². The summed E-state index contributed by atoms with van der Waals surface area (Å²) in [6, 6.07) is 13.0. The number of aromatic amines is 1. The minimum absolute atomic E-state index is 0.145. The van der Waals surface area contributed by atoms with Crippen molar-refractivity contribution in [2.75, 3.05) is 0 Å². The minimum atomic E-state index is -0.557. The molecule has 0 fully saturated rings. The van der Waals surface area contributed by atoms with Crippen LogP contribution in [0.3, 0.4) is 0 Å². The summed E-state index contributed by atoms with van der Waals surface area (Å²) in [4.78, 5) is 41.3. The monoisotopic (exact) mass is 308 g/mol. The number of para-hydroxylation sites is 1. The van der Waals surface area contributed by atoms with Crippen molar-refractivity contribution in [2.45, 2.75) is 6.61 Å². The Morgan fingerprint density at radius 2 is 1.87 bits per heavy atom. The van der Waals surface area contributed by atoms with E-state index in [1.165, 1.54) is 24.3 Å². The topological polar surface area (TPSA) is 89.1 Å². The molecule has 0 aliphatic rings. The molecule has 0 aliphatic heterocycles. The minimum Gasteiger partial charge on any atom is -0.454 e. The van der Waals surface area contributed by atoms with E-state index in [2.05, 4.69) is 9.97 Å². The van der Waals surface area contributed by atoms with Crippen molar-refractivity contribution < 1.29 is 14.3 Å². The maximum atomic E-state index is 11.9. The van der Waals surface area contributed by atoms with Crippen LogP contribution >= 0.6 is 0 Å². The summed E-state index contributed by atoms with van der Waals surface area (Å²) in [5.74, 6) is -0.287. The molecule has 3 rings (SSSR count). The quantitative estimate of drug-likeness (QED) is 0.589. The van der Waals surface area contributed by atoms with E-state index in [9.17, 15) is 14.4 Å². The van der Waals surface area contributed by atoms with E-state index in [-0.39, 0.29) is 18.0 Å². The number of fused-ring (bicyclic) bond motifs is 1. The number of aldehydes is 1. The average molecular weight is 308 g/mol. The molecule has 6 heteroatoms. The molecule has 3 aromatic rings. The molecule has 0 spiro atoms. The van der Waals surface area contributed by atoms with Crippen molar-refractivity contribution in [2.24, 2.45) is 0 Å². The SMILES string of the molecule is O=Cc1ccc(C(=O)OCc2nc3ccccc3c(=O)[nH]2)cc1. The van der Waals surface area contributed by atoms with E-state index in [0.29, 0.717) is 28.3 Å². The van der Waals surface area contributed by atoms with Gasteiger partial charge in [0.15, 0.2) is 0 Å². The van der Waals surface area contributed by atoms with E-state index in [0.717, 1.165) is 0 Å². The Hall–Kier alpha value is -3.28. The van der Waals surface area contributed by atoms with Gasteiger partial charge in [-0.1, -0.05) is 24.3 Å². The number of ether oxygens (including phenoxy) is 1. The lowest BCUT2D eigenvalue weighted by Crippen LogP contribution is -2.14. The van der Waals surface area contributed by atoms with Crippen molar-refractivity contribution in [3.05, 3.63) is 75.8 Å². The van der Waals surface area contributed by atoms with Crippen molar-refractivity contribution in [3.63, 3.8) is 0 Å². The first kappa shape index (κ1) is 14.6. The highest BCUT2D eigenvalue weighted by molar-refractivity contribution is 5.90. The standard InChI is InChI=1S/C17H12N2O4/c20-9-11-5-7-12(8-6-11)17(22)23-10-15-18-14-4-2-1-3-13(14)16(21)19-15/h1-9H,10H2,(H,18,19,21). The molecule has 0 unspecified atom stereocenters. The normalized spacial score (nSPS) is 10.4. The predicted octanol–water partition coefficient (Wildman–Crippen LogP) is 2.09. The number of H-pyrrole nitrogens is 1. The third-order valence-electron chi connectivity index (χ3n) is 3.28. The summed E-state index contributed by atoms with van der Waals surface area (Å²) >= 11 is 0. The Morgan fingerprint density at radius 3 is 2.61 bits per heavy atom. The van der Waals surface area contributed by atoms with Crippen molar-refractivity contribution in [1.29, 1.82) is 0 Å². The van der Waals surface area contributed by atoms with Gasteiger partial charge in [-0.25, -0.2) is 9.78 Å². The number of nitrogens with zero attached hydrogens (tertiary/aromatic N) is 1. The maximum absolute atomic E-state index is 11.9. The number of hydrogen-bond donors (Lipinski definition) is 1. The lowest BCUT2D eigenvalue weighted by atomic mass is 10.1. The summed E-state index contributed by atoms with van der Waals surface area (Å²) in [5.41, 5.74) is 1.05. The number of carbonyl (C=O) groups is 2. The Kier molecular flexibility index (Phi) is 3.97. The van der Waals surface area contributed by atoms with Crippen LogP contribution in [0, 0.1) is 0 Å². The molecule has 0 aliphatic carbocycles. The van der Waals surface area contributed by atoms with Gasteiger partial charge in [0.05, 0.1) is 16.5 Å². The third-order valence-corrected chi connectivity index (χ3v) is 3.28. The highest BCUT2D eigenvalue weighted by Crippen LogP contribution is 2.08. The summed E-state index contributed by atoms with van der Waals surface area (Å²) in [5, 5.41) is 0.479. The molecule has 0 amide bonds. The highest BCUT2D eigenvalue weighted by Gasteiger charge is 2.09. The molecular weight excluding hydrogens is 296 g/mol. The second-order valence-corrected chi connectivity index (χ2v) is 4.85. The number of carbonyl (C=O) groups excluding carboxylic acids is 2. The van der Waals surface area contributed by atoms with Gasteiger partial charge < -0.3 is 9.72 Å². The number of aromatic nitrogens is 2. The van der Waals surface area contributed by atoms with Crippen LogP contribution in [-0.4, -0.2) is 22.2 Å². The van der Waals surface area contributed by atoms with Crippen LogP contribution < -0.4 is 5.56 Å². The van der Waals surface area contributed by atoms with E-state index >= 15 is 0 Å². The lowest BCUT2D eigenvalue weighted by Gasteiger charge is -2.05. The number of esters is 1. The molecule has 1 heterocycles. The summed E-state index contributed by atoms with van der Waals surface area (Å²) in [7, 11) is 0. The number of rotatable bonds is 4. The molecule has 114 valence electrons. The highest BCUT2D eigenvalue weighted by atomic mass is 16.5. The van der Waals surface area contributed by atoms with Gasteiger partial charge in [0.25, 0.3) is 5.56 Å². The second-order valence-electron chi connectivity index (χ2n) is 4.85. The molecule has 1 aromatic heterocycles. The molecular formula is C17H12N2O4. The van der Waals surface area contributed by atoms with Gasteiger partial charge in [0.1, 0.15) is 18.7 Å². The lowest BCUT2D eigenvalue weighted by molar-refractivity contribution is 0.0462. The fraction of sp³-hybridized carbons (Fsp3) is 0.0588. The van der Waals surface area contributed by atoms with Crippen molar-refractivity contribution in [1.82, 2.24) is 9.97 Å². The van der Waals surface area contributed by atoms with E-state index in [4.69, 9.17) is 4.74 Å². The van der Waals surface area contributed by atoms with Gasteiger partial charge >= 0.3 is 5.97 Å². The molecule has 0 radical (unpaired) electrons. The molecule has 6 nitrogen and oxygen atoms in total. The summed E-state index contributed by atoms with van der Waals surface area (Å²) < 4.78 is 5.13. The van der Waals surface area contributed by atoms with Gasteiger partial charge in [-0.15, -0.1) is 0 Å². The fourth-order valence-electron chi connectivity index (χ4n) is 2.12. The van der Waals surface area contributed by atoms with Crippen molar-refractivity contribution in [3.8, 4) is 0 Å². The number of nitrogens with one attached hydrogen (secondary N) is 1. The molecule has 0 bridgehead atoms. The number of benzene rings is 2.